The lowest BCUT2D eigenvalue weighted by molar-refractivity contribution is -0.127. The van der Waals surface area contributed by atoms with Gasteiger partial charge in [-0.1, -0.05) is 65.5 Å². The Morgan fingerprint density at radius 2 is 1.79 bits per heavy atom. The SMILES string of the molecule is Cc1ccc(NC[C@H](CCCNC(N)=O)n2cc([C@@H](NCCCCCCN(C)C(=O)CBr)C(C)C)nn2)cc1. The number of nitrogens with zero attached hydrogens (tertiary/aromatic N) is 4. The Bertz CT molecular complexity index is 982. The molecule has 0 saturated carbocycles. The van der Waals surface area contributed by atoms with Gasteiger partial charge >= 0.3 is 6.03 Å². The first kappa shape index (κ1) is 32.6. The van der Waals surface area contributed by atoms with Crippen molar-refractivity contribution >= 4 is 33.6 Å². The van der Waals surface area contributed by atoms with Crippen molar-refractivity contribution in [2.75, 3.05) is 43.9 Å². The maximum Gasteiger partial charge on any atom is 0.312 e. The number of carbonyl (C=O) groups is 2. The van der Waals surface area contributed by atoms with Crippen LogP contribution in [0.25, 0.3) is 0 Å². The molecule has 1 heterocycles. The normalized spacial score (nSPS) is 12.8. The van der Waals surface area contributed by atoms with Crippen LogP contribution in [-0.2, 0) is 4.79 Å². The highest BCUT2D eigenvalue weighted by atomic mass is 79.9. The third kappa shape index (κ3) is 12.4. The Labute approximate surface area is 242 Å². The summed E-state index contributed by atoms with van der Waals surface area (Å²) in [6.07, 6.45) is 7.96. The van der Waals surface area contributed by atoms with Crippen molar-refractivity contribution in [2.24, 2.45) is 11.7 Å². The number of urea groups is 1. The number of carbonyl (C=O) groups excluding carboxylic acids is 2. The molecule has 0 fully saturated rings. The Hall–Kier alpha value is -2.66. The number of aryl methyl sites for hydroxylation is 1. The lowest BCUT2D eigenvalue weighted by atomic mass is 10.0. The average Bonchev–Trinajstić information content (AvgIpc) is 3.39. The van der Waals surface area contributed by atoms with E-state index < -0.39 is 6.03 Å². The highest BCUT2D eigenvalue weighted by molar-refractivity contribution is 9.09. The van der Waals surface area contributed by atoms with Gasteiger partial charge in [-0.05, 0) is 57.2 Å². The fraction of sp³-hybridized carbons (Fsp3) is 0.643. The van der Waals surface area contributed by atoms with Crippen molar-refractivity contribution in [3.05, 3.63) is 41.7 Å². The average molecular weight is 608 g/mol. The van der Waals surface area contributed by atoms with Crippen LogP contribution in [0.15, 0.2) is 30.5 Å². The predicted octanol–water partition coefficient (Wildman–Crippen LogP) is 4.39. The van der Waals surface area contributed by atoms with Crippen LogP contribution in [0.1, 0.15) is 75.7 Å². The minimum atomic E-state index is -0.504. The lowest BCUT2D eigenvalue weighted by Gasteiger charge is -2.21. The van der Waals surface area contributed by atoms with Crippen LogP contribution in [0, 0.1) is 12.8 Å². The maximum absolute atomic E-state index is 11.6. The third-order valence-corrected chi connectivity index (χ3v) is 7.30. The van der Waals surface area contributed by atoms with Gasteiger partial charge in [0.25, 0.3) is 0 Å². The van der Waals surface area contributed by atoms with Crippen molar-refractivity contribution in [2.45, 2.75) is 71.4 Å². The molecule has 2 rings (SSSR count). The summed E-state index contributed by atoms with van der Waals surface area (Å²) >= 11 is 3.22. The van der Waals surface area contributed by atoms with Crippen LogP contribution in [0.4, 0.5) is 10.5 Å². The first-order chi connectivity index (χ1) is 18.7. The number of amides is 3. The molecule has 0 radical (unpaired) electrons. The number of halogens is 1. The van der Waals surface area contributed by atoms with Crippen molar-refractivity contribution < 1.29 is 9.59 Å². The number of aromatic nitrogens is 3. The number of hydrogen-bond donors (Lipinski definition) is 4. The minimum Gasteiger partial charge on any atom is -0.383 e. The first-order valence-electron chi connectivity index (χ1n) is 14.0. The molecule has 0 aliphatic rings. The largest absolute Gasteiger partial charge is 0.383 e. The van der Waals surface area contributed by atoms with Crippen molar-refractivity contribution in [3.63, 3.8) is 0 Å². The second kappa shape index (κ2) is 17.8. The van der Waals surface area contributed by atoms with Crippen molar-refractivity contribution in [1.82, 2.24) is 30.5 Å². The number of primary amides is 1. The summed E-state index contributed by atoms with van der Waals surface area (Å²) in [5.41, 5.74) is 8.44. The smallest absolute Gasteiger partial charge is 0.312 e. The Morgan fingerprint density at radius 1 is 1.08 bits per heavy atom. The molecule has 10 nitrogen and oxygen atoms in total. The highest BCUT2D eigenvalue weighted by Gasteiger charge is 2.21. The lowest BCUT2D eigenvalue weighted by Crippen LogP contribution is -2.30. The molecule has 0 unspecified atom stereocenters. The zero-order valence-corrected chi connectivity index (χ0v) is 25.5. The third-order valence-electron chi connectivity index (χ3n) is 6.82. The monoisotopic (exact) mass is 606 g/mol. The van der Waals surface area contributed by atoms with E-state index in [1.165, 1.54) is 5.56 Å². The Kier molecular flexibility index (Phi) is 14.9. The summed E-state index contributed by atoms with van der Waals surface area (Å²) in [7, 11) is 1.85. The van der Waals surface area contributed by atoms with Crippen LogP contribution in [0.5, 0.6) is 0 Å². The summed E-state index contributed by atoms with van der Waals surface area (Å²) in [5.74, 6) is 0.489. The maximum atomic E-state index is 11.6. The summed E-state index contributed by atoms with van der Waals surface area (Å²) in [6.45, 7) is 9.38. The molecule has 218 valence electrons. The fourth-order valence-electron chi connectivity index (χ4n) is 4.39. The van der Waals surface area contributed by atoms with E-state index in [4.69, 9.17) is 5.73 Å². The highest BCUT2D eigenvalue weighted by Crippen LogP contribution is 2.22. The predicted molar refractivity (Wildman–Crippen MR) is 161 cm³/mol. The van der Waals surface area contributed by atoms with Crippen LogP contribution < -0.4 is 21.7 Å². The number of rotatable bonds is 19. The van der Waals surface area contributed by atoms with Gasteiger partial charge in [0, 0.05) is 32.4 Å². The number of hydrogen-bond acceptors (Lipinski definition) is 6. The molecular weight excluding hydrogens is 560 g/mol. The quantitative estimate of drug-likeness (QED) is 0.139. The van der Waals surface area contributed by atoms with Gasteiger partial charge in [0.2, 0.25) is 5.91 Å². The minimum absolute atomic E-state index is 0.0737. The topological polar surface area (TPSA) is 130 Å². The molecule has 0 spiro atoms. The van der Waals surface area contributed by atoms with Crippen LogP contribution in [0.2, 0.25) is 0 Å². The second-order valence-electron chi connectivity index (χ2n) is 10.5. The molecule has 1 aromatic heterocycles. The van der Waals surface area contributed by atoms with Gasteiger partial charge in [-0.3, -0.25) is 4.79 Å². The van der Waals surface area contributed by atoms with Gasteiger partial charge in [0.05, 0.1) is 29.3 Å². The molecule has 2 atom stereocenters. The van der Waals surface area contributed by atoms with E-state index in [-0.39, 0.29) is 18.0 Å². The van der Waals surface area contributed by atoms with E-state index in [9.17, 15) is 9.59 Å². The summed E-state index contributed by atoms with van der Waals surface area (Å²) in [6, 6.07) is 8.01. The fourth-order valence-corrected chi connectivity index (χ4v) is 4.82. The van der Waals surface area contributed by atoms with E-state index >= 15 is 0 Å². The molecule has 0 aliphatic carbocycles. The van der Waals surface area contributed by atoms with Crippen LogP contribution in [-0.4, -0.2) is 70.4 Å². The van der Waals surface area contributed by atoms with Gasteiger partial charge in [-0.2, -0.15) is 0 Å². The molecule has 5 N–H and O–H groups in total. The Balaban J connectivity index is 1.91. The molecule has 39 heavy (non-hydrogen) atoms. The number of benzene rings is 1. The molecule has 1 aromatic carbocycles. The van der Waals surface area contributed by atoms with E-state index in [1.54, 1.807) is 4.90 Å². The number of alkyl halides is 1. The molecule has 2 aromatic rings. The van der Waals surface area contributed by atoms with Gasteiger partial charge in [-0.15, -0.1) is 5.10 Å². The molecule has 0 aliphatic heterocycles. The summed E-state index contributed by atoms with van der Waals surface area (Å²) in [4.78, 5) is 24.5. The van der Waals surface area contributed by atoms with Crippen LogP contribution in [0.3, 0.4) is 0 Å². The molecule has 0 saturated heterocycles. The Morgan fingerprint density at radius 3 is 2.46 bits per heavy atom. The van der Waals surface area contributed by atoms with E-state index in [2.05, 4.69) is 93.4 Å². The molecule has 11 heteroatoms. The molecular formula is C28H47BrN8O2. The number of anilines is 1. The van der Waals surface area contributed by atoms with Crippen LogP contribution >= 0.6 is 15.9 Å². The summed E-state index contributed by atoms with van der Waals surface area (Å²) in [5, 5.41) is 19.3. The summed E-state index contributed by atoms with van der Waals surface area (Å²) < 4.78 is 1.95. The van der Waals surface area contributed by atoms with Crippen molar-refractivity contribution in [1.29, 1.82) is 0 Å². The van der Waals surface area contributed by atoms with Gasteiger partial charge in [0.1, 0.15) is 0 Å². The number of nitrogens with two attached hydrogens (primary N) is 1. The zero-order valence-electron chi connectivity index (χ0n) is 24.0. The van der Waals surface area contributed by atoms with E-state index in [0.717, 1.165) is 63.0 Å². The van der Waals surface area contributed by atoms with Gasteiger partial charge < -0.3 is 26.6 Å². The molecule has 0 bridgehead atoms. The van der Waals surface area contributed by atoms with Gasteiger partial charge in [0.15, 0.2) is 0 Å². The number of unbranched alkanes of at least 4 members (excludes halogenated alkanes) is 3. The van der Waals surface area contributed by atoms with Crippen molar-refractivity contribution in [3.8, 4) is 0 Å². The standard InChI is InChI=1S/C28H47BrN8O2/c1-21(2)27(31-15-7-5-6-8-17-36(4)26(38)18-29)25-20-37(35-34-25)24(10-9-16-32-28(30)39)19-33-23-13-11-22(3)12-14-23/h11-14,20-21,24,27,31,33H,5-10,15-19H2,1-4H3,(H3,30,32,39)/t24-,27-/m0/s1. The van der Waals surface area contributed by atoms with E-state index in [1.807, 2.05) is 11.7 Å². The zero-order chi connectivity index (χ0) is 28.6. The first-order valence-corrected chi connectivity index (χ1v) is 15.1. The van der Waals surface area contributed by atoms with E-state index in [0.29, 0.717) is 24.3 Å². The number of nitrogens with one attached hydrogen (secondary N) is 3. The second-order valence-corrected chi connectivity index (χ2v) is 11.1. The van der Waals surface area contributed by atoms with Gasteiger partial charge in [-0.25, -0.2) is 9.48 Å². The molecule has 3 amide bonds.